The van der Waals surface area contributed by atoms with Gasteiger partial charge in [0.25, 0.3) is 0 Å². The van der Waals surface area contributed by atoms with E-state index in [-0.39, 0.29) is 5.69 Å². The standard InChI is InChI=1S/C18H14F10N4O4/c19-5-6-32(10-1-3-11(4-2-10)36-18(26,27)28)15(33)31-14-29-12(34-8-16(20,21)22)7-13(30-14)35-9-17(23,24)25/h1-4,7H,5-6,8-9H2,(H,29,30,31,33). The van der Waals surface area contributed by atoms with Gasteiger partial charge in [-0.15, -0.1) is 13.2 Å². The van der Waals surface area contributed by atoms with Crippen LogP contribution in [0.4, 0.5) is 60.3 Å². The van der Waals surface area contributed by atoms with Crippen LogP contribution in [0.15, 0.2) is 30.3 Å². The van der Waals surface area contributed by atoms with Crippen molar-refractivity contribution in [2.75, 3.05) is 36.6 Å². The summed E-state index contributed by atoms with van der Waals surface area (Å²) in [7, 11) is 0. The van der Waals surface area contributed by atoms with Crippen LogP contribution in [0, 0.1) is 0 Å². The third-order valence-corrected chi connectivity index (χ3v) is 3.60. The van der Waals surface area contributed by atoms with Crippen molar-refractivity contribution >= 4 is 17.7 Å². The summed E-state index contributed by atoms with van der Waals surface area (Å²) < 4.78 is 137. The highest BCUT2D eigenvalue weighted by Crippen LogP contribution is 2.27. The highest BCUT2D eigenvalue weighted by Gasteiger charge is 2.32. The molecule has 2 amide bonds. The van der Waals surface area contributed by atoms with Gasteiger partial charge in [0.05, 0.1) is 12.6 Å². The van der Waals surface area contributed by atoms with Gasteiger partial charge in [0, 0.05) is 5.69 Å². The molecule has 0 radical (unpaired) electrons. The minimum atomic E-state index is -5.00. The molecule has 1 aromatic heterocycles. The molecule has 0 saturated carbocycles. The Kier molecular flexibility index (Phi) is 8.98. The van der Waals surface area contributed by atoms with Gasteiger partial charge in [0.1, 0.15) is 12.4 Å². The highest BCUT2D eigenvalue weighted by atomic mass is 19.4. The Bertz CT molecular complexity index is 977. The first-order valence-electron chi connectivity index (χ1n) is 9.33. The van der Waals surface area contributed by atoms with Crippen LogP contribution in [0.25, 0.3) is 0 Å². The minimum absolute atomic E-state index is 0.155. The minimum Gasteiger partial charge on any atom is -0.468 e. The Labute approximate surface area is 194 Å². The van der Waals surface area contributed by atoms with E-state index in [0.717, 1.165) is 24.3 Å². The van der Waals surface area contributed by atoms with Crippen LogP contribution in [0.1, 0.15) is 0 Å². The van der Waals surface area contributed by atoms with Gasteiger partial charge in [-0.05, 0) is 24.3 Å². The molecule has 0 aliphatic heterocycles. The molecule has 0 spiro atoms. The number of nitrogens with zero attached hydrogens (tertiary/aromatic N) is 3. The van der Waals surface area contributed by atoms with E-state index in [1.165, 1.54) is 0 Å². The topological polar surface area (TPSA) is 85.8 Å². The van der Waals surface area contributed by atoms with Gasteiger partial charge in [0.15, 0.2) is 13.2 Å². The fourth-order valence-electron chi connectivity index (χ4n) is 2.34. The van der Waals surface area contributed by atoms with E-state index < -0.39 is 74.6 Å². The van der Waals surface area contributed by atoms with Gasteiger partial charge in [-0.3, -0.25) is 10.2 Å². The quantitative estimate of drug-likeness (QED) is 0.437. The molecule has 0 aliphatic carbocycles. The Morgan fingerprint density at radius 2 is 1.36 bits per heavy atom. The van der Waals surface area contributed by atoms with Crippen LogP contribution in [0.2, 0.25) is 0 Å². The number of hydrogen-bond acceptors (Lipinski definition) is 6. The molecule has 0 atom stereocenters. The van der Waals surface area contributed by atoms with E-state index in [1.54, 1.807) is 0 Å². The summed E-state index contributed by atoms with van der Waals surface area (Å²) in [5.41, 5.74) is -0.155. The number of carbonyl (C=O) groups is 1. The molecule has 0 bridgehead atoms. The van der Waals surface area contributed by atoms with E-state index >= 15 is 0 Å². The van der Waals surface area contributed by atoms with Crippen molar-refractivity contribution in [3.63, 3.8) is 0 Å². The number of hydrogen-bond donors (Lipinski definition) is 1. The van der Waals surface area contributed by atoms with Crippen LogP contribution in [-0.2, 0) is 0 Å². The number of ether oxygens (including phenoxy) is 3. The summed E-state index contributed by atoms with van der Waals surface area (Å²) in [5, 5.41) is 1.92. The molecule has 1 aromatic carbocycles. The van der Waals surface area contributed by atoms with Crippen molar-refractivity contribution < 1.29 is 62.9 Å². The van der Waals surface area contributed by atoms with Crippen LogP contribution in [-0.4, -0.2) is 61.1 Å². The normalized spacial score (nSPS) is 12.2. The number of nitrogens with one attached hydrogen (secondary N) is 1. The zero-order valence-corrected chi connectivity index (χ0v) is 17.5. The second-order valence-corrected chi connectivity index (χ2v) is 6.49. The molecule has 1 heterocycles. The van der Waals surface area contributed by atoms with Gasteiger partial charge in [-0.1, -0.05) is 0 Å². The number of amides is 2. The summed E-state index contributed by atoms with van der Waals surface area (Å²) in [6.07, 6.45) is -14.7. The SMILES string of the molecule is O=C(Nc1nc(OCC(F)(F)F)cc(OCC(F)(F)F)n1)N(CCF)c1ccc(OC(F)(F)F)cc1. The van der Waals surface area contributed by atoms with E-state index in [9.17, 15) is 48.7 Å². The predicted molar refractivity (Wildman–Crippen MR) is 101 cm³/mol. The van der Waals surface area contributed by atoms with Crippen LogP contribution in [0.3, 0.4) is 0 Å². The second kappa shape index (κ2) is 11.3. The summed E-state index contributed by atoms with van der Waals surface area (Å²) in [4.78, 5) is 20.1. The van der Waals surface area contributed by atoms with Crippen molar-refractivity contribution in [2.45, 2.75) is 18.7 Å². The van der Waals surface area contributed by atoms with Gasteiger partial charge in [0.2, 0.25) is 17.7 Å². The molecule has 2 aromatic rings. The summed E-state index contributed by atoms with van der Waals surface area (Å²) >= 11 is 0. The van der Waals surface area contributed by atoms with Crippen molar-refractivity contribution in [2.24, 2.45) is 0 Å². The third-order valence-electron chi connectivity index (χ3n) is 3.60. The van der Waals surface area contributed by atoms with Crippen LogP contribution >= 0.6 is 0 Å². The third kappa shape index (κ3) is 10.3. The molecule has 0 unspecified atom stereocenters. The van der Waals surface area contributed by atoms with Crippen molar-refractivity contribution in [1.82, 2.24) is 9.97 Å². The maximum Gasteiger partial charge on any atom is 0.573 e. The fourth-order valence-corrected chi connectivity index (χ4v) is 2.34. The lowest BCUT2D eigenvalue weighted by molar-refractivity contribution is -0.274. The van der Waals surface area contributed by atoms with Crippen molar-refractivity contribution in [3.8, 4) is 17.5 Å². The number of halogens is 10. The zero-order valence-electron chi connectivity index (χ0n) is 17.5. The van der Waals surface area contributed by atoms with Crippen molar-refractivity contribution in [1.29, 1.82) is 0 Å². The Balaban J connectivity index is 2.26. The van der Waals surface area contributed by atoms with Gasteiger partial charge >= 0.3 is 24.7 Å². The lowest BCUT2D eigenvalue weighted by atomic mass is 10.3. The van der Waals surface area contributed by atoms with Gasteiger partial charge in [-0.2, -0.15) is 36.3 Å². The zero-order chi connectivity index (χ0) is 27.1. The summed E-state index contributed by atoms with van der Waals surface area (Å²) in [6.45, 7) is -5.59. The largest absolute Gasteiger partial charge is 0.573 e. The van der Waals surface area contributed by atoms with Gasteiger partial charge in [-0.25, -0.2) is 9.18 Å². The van der Waals surface area contributed by atoms with E-state index in [0.29, 0.717) is 11.0 Å². The lowest BCUT2D eigenvalue weighted by Crippen LogP contribution is -2.37. The van der Waals surface area contributed by atoms with Crippen LogP contribution < -0.4 is 24.4 Å². The molecule has 18 heteroatoms. The number of alkyl halides is 10. The molecule has 1 N–H and O–H groups in total. The number of benzene rings is 1. The molecule has 0 saturated heterocycles. The fraction of sp³-hybridized carbons (Fsp3) is 0.389. The first kappa shape index (κ1) is 28.5. The van der Waals surface area contributed by atoms with Crippen LogP contribution in [0.5, 0.6) is 17.5 Å². The molecule has 200 valence electrons. The molecule has 8 nitrogen and oxygen atoms in total. The predicted octanol–water partition coefficient (Wildman–Crippen LogP) is 5.27. The number of anilines is 2. The molecular formula is C18H14F10N4O4. The number of urea groups is 1. The number of rotatable bonds is 9. The summed E-state index contributed by atoms with van der Waals surface area (Å²) in [6, 6.07) is 2.80. The molecule has 36 heavy (non-hydrogen) atoms. The molecule has 2 rings (SSSR count). The molecule has 0 fully saturated rings. The van der Waals surface area contributed by atoms with E-state index in [1.807, 2.05) is 5.32 Å². The highest BCUT2D eigenvalue weighted by molar-refractivity contribution is 6.00. The average Bonchev–Trinajstić information content (AvgIpc) is 2.73. The van der Waals surface area contributed by atoms with E-state index in [2.05, 4.69) is 24.2 Å². The Morgan fingerprint density at radius 3 is 1.78 bits per heavy atom. The average molecular weight is 540 g/mol. The number of carbonyl (C=O) groups excluding carboxylic acids is 1. The first-order chi connectivity index (χ1) is 16.5. The lowest BCUT2D eigenvalue weighted by Gasteiger charge is -2.22. The Hall–Kier alpha value is -3.73. The summed E-state index contributed by atoms with van der Waals surface area (Å²) in [5.74, 6) is -3.37. The number of aromatic nitrogens is 2. The Morgan fingerprint density at radius 1 is 0.861 bits per heavy atom. The molecule has 0 aliphatic rings. The maximum atomic E-state index is 13.0. The van der Waals surface area contributed by atoms with E-state index in [4.69, 9.17) is 0 Å². The monoisotopic (exact) mass is 540 g/mol. The first-order valence-corrected chi connectivity index (χ1v) is 9.33. The van der Waals surface area contributed by atoms with Crippen molar-refractivity contribution in [3.05, 3.63) is 30.3 Å². The van der Waals surface area contributed by atoms with Gasteiger partial charge < -0.3 is 14.2 Å². The smallest absolute Gasteiger partial charge is 0.468 e. The maximum absolute atomic E-state index is 13.0. The second-order valence-electron chi connectivity index (χ2n) is 6.49. The molecular weight excluding hydrogens is 526 g/mol.